The van der Waals surface area contributed by atoms with Crippen LogP contribution in [0.15, 0.2) is 22.8 Å². The summed E-state index contributed by atoms with van der Waals surface area (Å²) in [5.74, 6) is 0.0148. The molecule has 1 aliphatic rings. The minimum absolute atomic E-state index is 0.0148. The van der Waals surface area contributed by atoms with E-state index in [0.29, 0.717) is 5.69 Å². The average molecular weight is 377 g/mol. The van der Waals surface area contributed by atoms with Crippen LogP contribution in [0.1, 0.15) is 10.5 Å². The van der Waals surface area contributed by atoms with E-state index in [1.165, 1.54) is 0 Å². The van der Waals surface area contributed by atoms with Gasteiger partial charge in [-0.2, -0.15) is 0 Å². The number of alkyl halides is 1. The summed E-state index contributed by atoms with van der Waals surface area (Å²) in [6.07, 6.45) is 1.65. The van der Waals surface area contributed by atoms with Gasteiger partial charge in [0.15, 0.2) is 0 Å². The molecule has 2 rings (SSSR count). The summed E-state index contributed by atoms with van der Waals surface area (Å²) in [6.45, 7) is 4.45. The van der Waals surface area contributed by atoms with E-state index in [0.717, 1.165) is 42.5 Å². The third-order valence-corrected chi connectivity index (χ3v) is 4.02. The molecule has 1 aliphatic heterocycles. The van der Waals surface area contributed by atoms with Gasteiger partial charge in [0, 0.05) is 48.7 Å². The zero-order valence-corrected chi connectivity index (χ0v) is 13.2. The Morgan fingerprint density at radius 2 is 2.06 bits per heavy atom. The van der Waals surface area contributed by atoms with E-state index >= 15 is 0 Å². The maximum Gasteiger partial charge on any atom is 0.273 e. The lowest BCUT2D eigenvalue weighted by Gasteiger charge is -2.34. The van der Waals surface area contributed by atoms with E-state index in [4.69, 9.17) is 0 Å². The molecule has 0 spiro atoms. The van der Waals surface area contributed by atoms with Gasteiger partial charge in [0.25, 0.3) is 5.91 Å². The molecule has 1 saturated heterocycles. The predicted octanol–water partition coefficient (Wildman–Crippen LogP) is 2.00. The fourth-order valence-electron chi connectivity index (χ4n) is 1.99. The largest absolute Gasteiger partial charge is 0.335 e. The summed E-state index contributed by atoms with van der Waals surface area (Å²) in [5, 5.41) is 0.979. The Morgan fingerprint density at radius 1 is 1.33 bits per heavy atom. The molecule has 6 heteroatoms. The van der Waals surface area contributed by atoms with Crippen LogP contribution in [0.4, 0.5) is 0 Å². The molecule has 0 aliphatic carbocycles. The van der Waals surface area contributed by atoms with Crippen molar-refractivity contribution in [2.75, 3.05) is 38.1 Å². The molecule has 4 nitrogen and oxygen atoms in total. The van der Waals surface area contributed by atoms with Crippen molar-refractivity contribution in [3.8, 4) is 0 Å². The van der Waals surface area contributed by atoms with Crippen molar-refractivity contribution in [3.05, 3.63) is 28.5 Å². The van der Waals surface area contributed by atoms with Gasteiger partial charge in [-0.1, -0.05) is 15.9 Å². The van der Waals surface area contributed by atoms with E-state index in [-0.39, 0.29) is 5.91 Å². The molecule has 0 aromatic carbocycles. The van der Waals surface area contributed by atoms with Crippen molar-refractivity contribution in [1.82, 2.24) is 14.8 Å². The molecule has 98 valence electrons. The molecule has 18 heavy (non-hydrogen) atoms. The molecule has 1 aromatic heterocycles. The van der Waals surface area contributed by atoms with E-state index in [2.05, 4.69) is 41.7 Å². The fourth-order valence-corrected chi connectivity index (χ4v) is 2.91. The van der Waals surface area contributed by atoms with Gasteiger partial charge in [-0.15, -0.1) is 0 Å². The molecule has 1 aromatic rings. The number of carbonyl (C=O) groups is 1. The van der Waals surface area contributed by atoms with Crippen LogP contribution in [0.2, 0.25) is 0 Å². The van der Waals surface area contributed by atoms with E-state index in [9.17, 15) is 4.79 Å². The van der Waals surface area contributed by atoms with Gasteiger partial charge < -0.3 is 4.90 Å². The van der Waals surface area contributed by atoms with Gasteiger partial charge in [0.05, 0.1) is 0 Å². The van der Waals surface area contributed by atoms with Crippen LogP contribution in [-0.4, -0.2) is 58.7 Å². The summed E-state index contributed by atoms with van der Waals surface area (Å²) in [6, 6.07) is 3.66. The van der Waals surface area contributed by atoms with Crippen LogP contribution < -0.4 is 0 Å². The molecule has 1 fully saturated rings. The highest BCUT2D eigenvalue weighted by Gasteiger charge is 2.23. The number of pyridine rings is 1. The molecule has 1 amide bonds. The van der Waals surface area contributed by atoms with Crippen molar-refractivity contribution in [2.45, 2.75) is 0 Å². The van der Waals surface area contributed by atoms with Crippen LogP contribution in [0.5, 0.6) is 0 Å². The SMILES string of the molecule is O=C(c1ncccc1Br)N1CCN(CCBr)CC1. The first kappa shape index (κ1) is 14.0. The van der Waals surface area contributed by atoms with Crippen LogP contribution >= 0.6 is 31.9 Å². The Bertz CT molecular complexity index is 420. The lowest BCUT2D eigenvalue weighted by Crippen LogP contribution is -2.49. The third kappa shape index (κ3) is 3.30. The molecule has 0 N–H and O–H groups in total. The molecule has 0 bridgehead atoms. The molecule has 2 heterocycles. The zero-order chi connectivity index (χ0) is 13.0. The fraction of sp³-hybridized carbons (Fsp3) is 0.500. The van der Waals surface area contributed by atoms with Gasteiger partial charge in [-0.3, -0.25) is 9.69 Å². The van der Waals surface area contributed by atoms with E-state index < -0.39 is 0 Å². The third-order valence-electron chi connectivity index (χ3n) is 3.02. The first-order valence-electron chi connectivity index (χ1n) is 5.90. The number of nitrogens with zero attached hydrogens (tertiary/aromatic N) is 3. The maximum atomic E-state index is 12.3. The summed E-state index contributed by atoms with van der Waals surface area (Å²) in [5.41, 5.74) is 0.506. The van der Waals surface area contributed by atoms with Gasteiger partial charge in [0.1, 0.15) is 5.69 Å². The van der Waals surface area contributed by atoms with Gasteiger partial charge in [-0.05, 0) is 28.1 Å². The topological polar surface area (TPSA) is 36.4 Å². The van der Waals surface area contributed by atoms with Crippen LogP contribution in [0, 0.1) is 0 Å². The monoisotopic (exact) mass is 375 g/mol. The molecule has 0 saturated carbocycles. The number of rotatable bonds is 3. The highest BCUT2D eigenvalue weighted by Crippen LogP contribution is 2.16. The van der Waals surface area contributed by atoms with E-state index in [1.54, 1.807) is 6.20 Å². The average Bonchev–Trinajstić information content (AvgIpc) is 2.40. The van der Waals surface area contributed by atoms with Crippen molar-refractivity contribution in [1.29, 1.82) is 0 Å². The van der Waals surface area contributed by atoms with Crippen LogP contribution in [-0.2, 0) is 0 Å². The number of piperazine rings is 1. The first-order valence-corrected chi connectivity index (χ1v) is 7.82. The Hall–Kier alpha value is -0.460. The quantitative estimate of drug-likeness (QED) is 0.757. The molecule has 0 unspecified atom stereocenters. The first-order chi connectivity index (χ1) is 8.72. The Kier molecular flexibility index (Phi) is 5.14. The Labute approximate surface area is 124 Å². The lowest BCUT2D eigenvalue weighted by molar-refractivity contribution is 0.0638. The number of hydrogen-bond acceptors (Lipinski definition) is 3. The molecular weight excluding hydrogens is 362 g/mol. The molecular formula is C12H15Br2N3O. The minimum atomic E-state index is 0.0148. The van der Waals surface area contributed by atoms with Gasteiger partial charge >= 0.3 is 0 Å². The number of halogens is 2. The molecule has 0 radical (unpaired) electrons. The van der Waals surface area contributed by atoms with Crippen molar-refractivity contribution < 1.29 is 4.79 Å². The number of amides is 1. The summed E-state index contributed by atoms with van der Waals surface area (Å²) < 4.78 is 0.762. The van der Waals surface area contributed by atoms with E-state index in [1.807, 2.05) is 17.0 Å². The lowest BCUT2D eigenvalue weighted by atomic mass is 10.2. The zero-order valence-electron chi connectivity index (χ0n) is 9.98. The summed E-state index contributed by atoms with van der Waals surface area (Å²) >= 11 is 6.81. The number of carbonyl (C=O) groups excluding carboxylic acids is 1. The standard InChI is InChI=1S/C12H15Br2N3O/c13-3-5-16-6-8-17(9-7-16)12(18)11-10(14)2-1-4-15-11/h1-2,4H,3,5-9H2. The molecule has 0 atom stereocenters. The highest BCUT2D eigenvalue weighted by molar-refractivity contribution is 9.10. The van der Waals surface area contributed by atoms with Crippen molar-refractivity contribution in [3.63, 3.8) is 0 Å². The smallest absolute Gasteiger partial charge is 0.273 e. The summed E-state index contributed by atoms with van der Waals surface area (Å²) in [4.78, 5) is 20.7. The number of aromatic nitrogens is 1. The second kappa shape index (κ2) is 6.63. The Balaban J connectivity index is 1.98. The normalized spacial score (nSPS) is 16.9. The summed E-state index contributed by atoms with van der Waals surface area (Å²) in [7, 11) is 0. The number of hydrogen-bond donors (Lipinski definition) is 0. The second-order valence-corrected chi connectivity index (χ2v) is 5.80. The van der Waals surface area contributed by atoms with Gasteiger partial charge in [0.2, 0.25) is 0 Å². The Morgan fingerprint density at radius 3 is 2.67 bits per heavy atom. The van der Waals surface area contributed by atoms with Gasteiger partial charge in [-0.25, -0.2) is 4.98 Å². The maximum absolute atomic E-state index is 12.3. The highest BCUT2D eigenvalue weighted by atomic mass is 79.9. The van der Waals surface area contributed by atoms with Crippen LogP contribution in [0.25, 0.3) is 0 Å². The second-order valence-electron chi connectivity index (χ2n) is 4.16. The van der Waals surface area contributed by atoms with Crippen molar-refractivity contribution >= 4 is 37.8 Å². The van der Waals surface area contributed by atoms with Crippen LogP contribution in [0.3, 0.4) is 0 Å². The predicted molar refractivity (Wildman–Crippen MR) is 78.1 cm³/mol. The van der Waals surface area contributed by atoms with Crippen molar-refractivity contribution in [2.24, 2.45) is 0 Å². The minimum Gasteiger partial charge on any atom is -0.335 e.